The predicted molar refractivity (Wildman–Crippen MR) is 81.9 cm³/mol. The lowest BCUT2D eigenvalue weighted by Gasteiger charge is -2.15. The van der Waals surface area contributed by atoms with Gasteiger partial charge in [-0.1, -0.05) is 6.07 Å². The molecule has 0 aliphatic carbocycles. The Kier molecular flexibility index (Phi) is 6.23. The van der Waals surface area contributed by atoms with E-state index < -0.39 is 0 Å². The number of nitrogens with one attached hydrogen (secondary N) is 1. The molecule has 0 bridgehead atoms. The third-order valence-corrected chi connectivity index (χ3v) is 3.96. The SMILES string of the molecule is CC(=O)CCCNCCc1c(C)c(C)cc(C)c1C. The summed E-state index contributed by atoms with van der Waals surface area (Å²) in [5.41, 5.74) is 7.10. The summed E-state index contributed by atoms with van der Waals surface area (Å²) in [7, 11) is 0. The van der Waals surface area contributed by atoms with Crippen molar-refractivity contribution in [3.63, 3.8) is 0 Å². The van der Waals surface area contributed by atoms with Crippen LogP contribution in [0.25, 0.3) is 0 Å². The molecule has 1 aromatic rings. The number of aryl methyl sites for hydroxylation is 2. The number of carbonyl (C=O) groups excluding carboxylic acids is 1. The fourth-order valence-electron chi connectivity index (χ4n) is 2.47. The Labute approximate surface area is 117 Å². The van der Waals surface area contributed by atoms with Crippen LogP contribution in [0.5, 0.6) is 0 Å². The molecule has 2 nitrogen and oxygen atoms in total. The van der Waals surface area contributed by atoms with E-state index in [1.165, 1.54) is 27.8 Å². The van der Waals surface area contributed by atoms with Crippen molar-refractivity contribution >= 4 is 5.78 Å². The second-order valence-electron chi connectivity index (χ2n) is 5.54. The highest BCUT2D eigenvalue weighted by Crippen LogP contribution is 2.21. The van der Waals surface area contributed by atoms with Crippen molar-refractivity contribution in [1.29, 1.82) is 0 Å². The zero-order valence-electron chi connectivity index (χ0n) is 13.0. The molecule has 0 unspecified atom stereocenters. The number of hydrogen-bond donors (Lipinski definition) is 1. The fraction of sp³-hybridized carbons (Fsp3) is 0.588. The average Bonchev–Trinajstić information content (AvgIpc) is 2.34. The van der Waals surface area contributed by atoms with E-state index in [9.17, 15) is 4.79 Å². The van der Waals surface area contributed by atoms with Gasteiger partial charge in [0.05, 0.1) is 0 Å². The van der Waals surface area contributed by atoms with E-state index >= 15 is 0 Å². The molecular weight excluding hydrogens is 234 g/mol. The number of Topliss-reactive ketones (excluding diaryl/α,β-unsaturated/α-hetero) is 1. The second kappa shape index (κ2) is 7.44. The Balaban J connectivity index is 2.47. The summed E-state index contributed by atoms with van der Waals surface area (Å²) in [5, 5.41) is 3.43. The van der Waals surface area contributed by atoms with E-state index in [0.29, 0.717) is 6.42 Å². The summed E-state index contributed by atoms with van der Waals surface area (Å²) in [4.78, 5) is 10.8. The van der Waals surface area contributed by atoms with E-state index in [-0.39, 0.29) is 5.78 Å². The molecule has 1 N–H and O–H groups in total. The van der Waals surface area contributed by atoms with Gasteiger partial charge in [0.1, 0.15) is 5.78 Å². The van der Waals surface area contributed by atoms with Gasteiger partial charge in [0.2, 0.25) is 0 Å². The minimum Gasteiger partial charge on any atom is -0.316 e. The van der Waals surface area contributed by atoms with E-state index in [0.717, 1.165) is 25.9 Å². The molecule has 1 aromatic carbocycles. The van der Waals surface area contributed by atoms with Crippen LogP contribution in [-0.4, -0.2) is 18.9 Å². The first kappa shape index (κ1) is 15.9. The molecule has 0 radical (unpaired) electrons. The molecule has 0 fully saturated rings. The third kappa shape index (κ3) is 4.79. The Morgan fingerprint density at radius 2 is 1.63 bits per heavy atom. The standard InChI is InChI=1S/C17H27NO/c1-12-11-13(2)16(5)17(15(12)4)8-10-18-9-6-7-14(3)19/h11,18H,6-10H2,1-5H3. The van der Waals surface area contributed by atoms with Gasteiger partial charge in [0.15, 0.2) is 0 Å². The van der Waals surface area contributed by atoms with Crippen molar-refractivity contribution < 1.29 is 4.79 Å². The molecule has 0 saturated carbocycles. The van der Waals surface area contributed by atoms with Gasteiger partial charge < -0.3 is 10.1 Å². The predicted octanol–water partition coefficient (Wildman–Crippen LogP) is 3.42. The van der Waals surface area contributed by atoms with Crippen molar-refractivity contribution in [1.82, 2.24) is 5.32 Å². The molecule has 19 heavy (non-hydrogen) atoms. The fourth-order valence-corrected chi connectivity index (χ4v) is 2.47. The number of hydrogen-bond acceptors (Lipinski definition) is 2. The van der Waals surface area contributed by atoms with Gasteiger partial charge in [-0.2, -0.15) is 0 Å². The van der Waals surface area contributed by atoms with Crippen LogP contribution in [0.15, 0.2) is 6.07 Å². The minimum absolute atomic E-state index is 0.280. The van der Waals surface area contributed by atoms with Crippen molar-refractivity contribution in [2.75, 3.05) is 13.1 Å². The lowest BCUT2D eigenvalue weighted by Crippen LogP contribution is -2.20. The first-order valence-electron chi connectivity index (χ1n) is 7.20. The lowest BCUT2D eigenvalue weighted by atomic mass is 9.92. The number of benzene rings is 1. The molecule has 0 atom stereocenters. The van der Waals surface area contributed by atoms with Gasteiger partial charge in [-0.05, 0) is 88.4 Å². The highest BCUT2D eigenvalue weighted by molar-refractivity contribution is 5.75. The van der Waals surface area contributed by atoms with Crippen LogP contribution < -0.4 is 5.32 Å². The monoisotopic (exact) mass is 261 g/mol. The maximum Gasteiger partial charge on any atom is 0.129 e. The van der Waals surface area contributed by atoms with E-state index in [1.54, 1.807) is 6.92 Å². The topological polar surface area (TPSA) is 29.1 Å². The van der Waals surface area contributed by atoms with E-state index in [1.807, 2.05) is 0 Å². The zero-order valence-corrected chi connectivity index (χ0v) is 13.0. The van der Waals surface area contributed by atoms with Gasteiger partial charge in [0, 0.05) is 6.42 Å². The molecule has 0 aliphatic heterocycles. The molecular formula is C17H27NO. The van der Waals surface area contributed by atoms with Crippen LogP contribution in [0.2, 0.25) is 0 Å². The van der Waals surface area contributed by atoms with Crippen LogP contribution in [0.3, 0.4) is 0 Å². The zero-order chi connectivity index (χ0) is 14.4. The third-order valence-electron chi connectivity index (χ3n) is 3.96. The van der Waals surface area contributed by atoms with Gasteiger partial charge in [0.25, 0.3) is 0 Å². The van der Waals surface area contributed by atoms with Crippen molar-refractivity contribution in [2.24, 2.45) is 0 Å². The van der Waals surface area contributed by atoms with Gasteiger partial charge in [-0.3, -0.25) is 0 Å². The van der Waals surface area contributed by atoms with E-state index in [2.05, 4.69) is 39.1 Å². The molecule has 106 valence electrons. The van der Waals surface area contributed by atoms with Gasteiger partial charge in [-0.15, -0.1) is 0 Å². The smallest absolute Gasteiger partial charge is 0.129 e. The van der Waals surface area contributed by atoms with Gasteiger partial charge in [-0.25, -0.2) is 0 Å². The molecule has 2 heteroatoms. The molecule has 0 aromatic heterocycles. The normalized spacial score (nSPS) is 10.8. The lowest BCUT2D eigenvalue weighted by molar-refractivity contribution is -0.117. The first-order valence-corrected chi connectivity index (χ1v) is 7.20. The largest absolute Gasteiger partial charge is 0.316 e. The van der Waals surface area contributed by atoms with Crippen molar-refractivity contribution in [3.8, 4) is 0 Å². The summed E-state index contributed by atoms with van der Waals surface area (Å²) in [6.07, 6.45) is 2.70. The second-order valence-corrected chi connectivity index (χ2v) is 5.54. The van der Waals surface area contributed by atoms with E-state index in [4.69, 9.17) is 0 Å². The quantitative estimate of drug-likeness (QED) is 0.762. The summed E-state index contributed by atoms with van der Waals surface area (Å²) in [5.74, 6) is 0.280. The summed E-state index contributed by atoms with van der Waals surface area (Å²) in [6.45, 7) is 12.4. The highest BCUT2D eigenvalue weighted by Gasteiger charge is 2.07. The highest BCUT2D eigenvalue weighted by atomic mass is 16.1. The van der Waals surface area contributed by atoms with Crippen LogP contribution >= 0.6 is 0 Å². The molecule has 0 aliphatic rings. The Bertz CT molecular complexity index is 423. The van der Waals surface area contributed by atoms with Crippen LogP contribution in [0.1, 0.15) is 47.6 Å². The Morgan fingerprint density at radius 1 is 1.05 bits per heavy atom. The van der Waals surface area contributed by atoms with Gasteiger partial charge >= 0.3 is 0 Å². The number of carbonyl (C=O) groups is 1. The molecule has 1 rings (SSSR count). The molecule has 0 saturated heterocycles. The number of rotatable bonds is 7. The maximum atomic E-state index is 10.8. The average molecular weight is 261 g/mol. The molecule has 0 spiro atoms. The van der Waals surface area contributed by atoms with Crippen molar-refractivity contribution in [2.45, 2.75) is 53.9 Å². The van der Waals surface area contributed by atoms with Crippen LogP contribution in [-0.2, 0) is 11.2 Å². The molecule has 0 amide bonds. The maximum absolute atomic E-state index is 10.8. The minimum atomic E-state index is 0.280. The Morgan fingerprint density at radius 3 is 2.16 bits per heavy atom. The summed E-state index contributed by atoms with van der Waals surface area (Å²) in [6, 6.07) is 2.27. The molecule has 0 heterocycles. The first-order chi connectivity index (χ1) is 8.93. The number of ketones is 1. The van der Waals surface area contributed by atoms with Crippen molar-refractivity contribution in [3.05, 3.63) is 33.9 Å². The van der Waals surface area contributed by atoms with Crippen LogP contribution in [0, 0.1) is 27.7 Å². The Hall–Kier alpha value is -1.15. The summed E-state index contributed by atoms with van der Waals surface area (Å²) < 4.78 is 0. The summed E-state index contributed by atoms with van der Waals surface area (Å²) >= 11 is 0. The van der Waals surface area contributed by atoms with Crippen LogP contribution in [0.4, 0.5) is 0 Å².